The highest BCUT2D eigenvalue weighted by molar-refractivity contribution is 7.07. The van der Waals surface area contributed by atoms with Crippen molar-refractivity contribution in [2.45, 2.75) is 31.8 Å². The summed E-state index contributed by atoms with van der Waals surface area (Å²) in [7, 11) is 0. The molecule has 0 bridgehead atoms. The molecule has 110 valence electrons. The zero-order chi connectivity index (χ0) is 15.1. The Morgan fingerprint density at radius 2 is 2.10 bits per heavy atom. The summed E-state index contributed by atoms with van der Waals surface area (Å²) in [4.78, 5) is 33.2. The van der Waals surface area contributed by atoms with E-state index >= 15 is 0 Å². The fraction of sp³-hybridized carbons (Fsp3) is 0.417. The molecule has 7 nitrogen and oxygen atoms in total. The van der Waals surface area contributed by atoms with Gasteiger partial charge in [-0.05, 0) is 35.7 Å². The molecule has 0 aromatic carbocycles. The molecular weight excluding hydrogens is 282 g/mol. The van der Waals surface area contributed by atoms with Gasteiger partial charge in [-0.1, -0.05) is 0 Å². The number of thiophene rings is 1. The Morgan fingerprint density at radius 1 is 1.40 bits per heavy atom. The van der Waals surface area contributed by atoms with E-state index in [1.807, 2.05) is 16.8 Å². The average molecular weight is 299 g/mol. The van der Waals surface area contributed by atoms with Crippen molar-refractivity contribution in [3.8, 4) is 0 Å². The molecule has 0 spiro atoms. The third-order valence-electron chi connectivity index (χ3n) is 2.51. The highest BCUT2D eigenvalue weighted by Crippen LogP contribution is 2.08. The summed E-state index contributed by atoms with van der Waals surface area (Å²) in [5.41, 5.74) is 6.02. The standard InChI is InChI=1S/C12H17N3O4S/c1-7(4-8-2-3-20-6-8)14-12(19)15-9(11(17)18)5-10(13)16/h2-3,6-7,9H,4-5H2,1H3,(H2,13,16)(H,17,18)(H2,14,15,19). The van der Waals surface area contributed by atoms with Crippen LogP contribution in [0, 0.1) is 0 Å². The molecule has 1 heterocycles. The molecule has 0 saturated carbocycles. The zero-order valence-electron chi connectivity index (χ0n) is 11.0. The van der Waals surface area contributed by atoms with Gasteiger partial charge in [0.1, 0.15) is 6.04 Å². The van der Waals surface area contributed by atoms with Gasteiger partial charge < -0.3 is 21.5 Å². The smallest absolute Gasteiger partial charge is 0.326 e. The number of rotatable bonds is 7. The second-order valence-corrected chi connectivity index (χ2v) is 5.20. The van der Waals surface area contributed by atoms with Crippen molar-refractivity contribution in [1.29, 1.82) is 0 Å². The van der Waals surface area contributed by atoms with Crippen molar-refractivity contribution in [3.05, 3.63) is 22.4 Å². The molecule has 0 saturated heterocycles. The molecule has 1 rings (SSSR count). The summed E-state index contributed by atoms with van der Waals surface area (Å²) in [6.45, 7) is 1.81. The maximum Gasteiger partial charge on any atom is 0.326 e. The Bertz CT molecular complexity index is 475. The second-order valence-electron chi connectivity index (χ2n) is 4.42. The van der Waals surface area contributed by atoms with Gasteiger partial charge in [0.05, 0.1) is 6.42 Å². The molecule has 1 aromatic rings. The van der Waals surface area contributed by atoms with Gasteiger partial charge in [-0.25, -0.2) is 9.59 Å². The molecule has 3 amide bonds. The van der Waals surface area contributed by atoms with E-state index in [-0.39, 0.29) is 6.04 Å². The third-order valence-corrected chi connectivity index (χ3v) is 3.24. The highest BCUT2D eigenvalue weighted by atomic mass is 32.1. The van der Waals surface area contributed by atoms with Crippen molar-refractivity contribution in [1.82, 2.24) is 10.6 Å². The first-order valence-corrected chi connectivity index (χ1v) is 6.92. The number of hydrogen-bond acceptors (Lipinski definition) is 4. The minimum absolute atomic E-state index is 0.160. The second kappa shape index (κ2) is 7.49. The number of carboxylic acid groups (broad SMARTS) is 1. The Labute approximate surface area is 120 Å². The molecule has 20 heavy (non-hydrogen) atoms. The van der Waals surface area contributed by atoms with Crippen LogP contribution in [-0.2, 0) is 16.0 Å². The summed E-state index contributed by atoms with van der Waals surface area (Å²) in [6, 6.07) is -0.164. The molecule has 0 aliphatic carbocycles. The molecule has 0 radical (unpaired) electrons. The van der Waals surface area contributed by atoms with Crippen LogP contribution in [0.15, 0.2) is 16.8 Å². The Balaban J connectivity index is 2.44. The number of carbonyl (C=O) groups is 3. The van der Waals surface area contributed by atoms with Crippen molar-refractivity contribution >= 4 is 29.2 Å². The largest absolute Gasteiger partial charge is 0.480 e. The summed E-state index contributed by atoms with van der Waals surface area (Å²) in [6.07, 6.45) is 0.201. The van der Waals surface area contributed by atoms with E-state index in [1.165, 1.54) is 0 Å². The maximum atomic E-state index is 11.6. The van der Waals surface area contributed by atoms with E-state index in [9.17, 15) is 14.4 Å². The van der Waals surface area contributed by atoms with Gasteiger partial charge in [-0.2, -0.15) is 11.3 Å². The fourth-order valence-electron chi connectivity index (χ4n) is 1.64. The summed E-state index contributed by atoms with van der Waals surface area (Å²) >= 11 is 1.56. The minimum atomic E-state index is -1.32. The van der Waals surface area contributed by atoms with Crippen molar-refractivity contribution < 1.29 is 19.5 Å². The van der Waals surface area contributed by atoms with E-state index in [2.05, 4.69) is 10.6 Å². The summed E-state index contributed by atoms with van der Waals surface area (Å²) in [5, 5.41) is 17.6. The number of urea groups is 1. The number of primary amides is 1. The number of carbonyl (C=O) groups excluding carboxylic acids is 2. The predicted molar refractivity (Wildman–Crippen MR) is 74.4 cm³/mol. The Morgan fingerprint density at radius 3 is 2.60 bits per heavy atom. The van der Waals surface area contributed by atoms with Crippen LogP contribution in [0.1, 0.15) is 18.9 Å². The molecule has 0 aliphatic heterocycles. The quantitative estimate of drug-likeness (QED) is 0.578. The first kappa shape index (κ1) is 16.0. The van der Waals surface area contributed by atoms with Gasteiger partial charge in [0.15, 0.2) is 0 Å². The average Bonchev–Trinajstić information content (AvgIpc) is 2.79. The Hall–Kier alpha value is -2.09. The lowest BCUT2D eigenvalue weighted by atomic mass is 10.1. The lowest BCUT2D eigenvalue weighted by Crippen LogP contribution is -2.50. The number of nitrogens with one attached hydrogen (secondary N) is 2. The van der Waals surface area contributed by atoms with Crippen LogP contribution in [0.4, 0.5) is 4.79 Å². The van der Waals surface area contributed by atoms with Crippen LogP contribution in [0.5, 0.6) is 0 Å². The van der Waals surface area contributed by atoms with Gasteiger partial charge in [-0.3, -0.25) is 4.79 Å². The van der Waals surface area contributed by atoms with Crippen molar-refractivity contribution in [2.24, 2.45) is 5.73 Å². The molecule has 2 atom stereocenters. The topological polar surface area (TPSA) is 122 Å². The molecule has 2 unspecified atom stereocenters. The van der Waals surface area contributed by atoms with Crippen molar-refractivity contribution in [3.63, 3.8) is 0 Å². The summed E-state index contributed by atoms with van der Waals surface area (Å²) < 4.78 is 0. The van der Waals surface area contributed by atoms with E-state index in [1.54, 1.807) is 18.3 Å². The normalized spacial score (nSPS) is 13.2. The van der Waals surface area contributed by atoms with Gasteiger partial charge in [0.2, 0.25) is 5.91 Å². The third kappa shape index (κ3) is 5.70. The predicted octanol–water partition coefficient (Wildman–Crippen LogP) is 0.307. The number of hydrogen-bond donors (Lipinski definition) is 4. The van der Waals surface area contributed by atoms with Crippen LogP contribution in [0.2, 0.25) is 0 Å². The van der Waals surface area contributed by atoms with Gasteiger partial charge in [0, 0.05) is 6.04 Å². The van der Waals surface area contributed by atoms with Crippen LogP contribution in [0.25, 0.3) is 0 Å². The van der Waals surface area contributed by atoms with Crippen LogP contribution < -0.4 is 16.4 Å². The molecule has 0 fully saturated rings. The first-order valence-electron chi connectivity index (χ1n) is 5.97. The van der Waals surface area contributed by atoms with Gasteiger partial charge in [0.25, 0.3) is 0 Å². The van der Waals surface area contributed by atoms with Gasteiger partial charge in [-0.15, -0.1) is 0 Å². The molecular formula is C12H17N3O4S. The van der Waals surface area contributed by atoms with Gasteiger partial charge >= 0.3 is 12.0 Å². The summed E-state index contributed by atoms with van der Waals surface area (Å²) in [5.74, 6) is -2.09. The number of aliphatic carboxylic acids is 1. The molecule has 1 aromatic heterocycles. The molecule has 8 heteroatoms. The number of amides is 3. The SMILES string of the molecule is CC(Cc1ccsc1)NC(=O)NC(CC(N)=O)C(=O)O. The number of nitrogens with two attached hydrogens (primary N) is 1. The maximum absolute atomic E-state index is 11.6. The number of carboxylic acids is 1. The minimum Gasteiger partial charge on any atom is -0.480 e. The fourth-order valence-corrected chi connectivity index (χ4v) is 2.32. The lowest BCUT2D eigenvalue weighted by molar-refractivity contribution is -0.140. The van der Waals surface area contributed by atoms with Crippen molar-refractivity contribution in [2.75, 3.05) is 0 Å². The monoisotopic (exact) mass is 299 g/mol. The van der Waals surface area contributed by atoms with Crippen LogP contribution in [0.3, 0.4) is 0 Å². The lowest BCUT2D eigenvalue weighted by Gasteiger charge is -2.17. The van der Waals surface area contributed by atoms with E-state index in [0.29, 0.717) is 6.42 Å². The Kier molecular flexibility index (Phi) is 5.98. The van der Waals surface area contributed by atoms with Crippen LogP contribution >= 0.6 is 11.3 Å². The van der Waals surface area contributed by atoms with E-state index in [0.717, 1.165) is 5.56 Å². The highest BCUT2D eigenvalue weighted by Gasteiger charge is 2.22. The first-order chi connectivity index (χ1) is 9.38. The zero-order valence-corrected chi connectivity index (χ0v) is 11.8. The van der Waals surface area contributed by atoms with E-state index < -0.39 is 30.4 Å². The van der Waals surface area contributed by atoms with E-state index in [4.69, 9.17) is 10.8 Å². The van der Waals surface area contributed by atoms with Crippen LogP contribution in [-0.4, -0.2) is 35.1 Å². The molecule has 5 N–H and O–H groups in total. The molecule has 0 aliphatic rings.